The summed E-state index contributed by atoms with van der Waals surface area (Å²) in [5.74, 6) is -1.46. The van der Waals surface area contributed by atoms with E-state index in [1.54, 1.807) is 6.92 Å². The van der Waals surface area contributed by atoms with Crippen molar-refractivity contribution in [3.63, 3.8) is 0 Å². The van der Waals surface area contributed by atoms with E-state index >= 15 is 0 Å². The summed E-state index contributed by atoms with van der Waals surface area (Å²) in [5, 5.41) is 9.53. The Labute approximate surface area is 154 Å². The maximum atomic E-state index is 13.6. The van der Waals surface area contributed by atoms with Gasteiger partial charge in [0.05, 0.1) is 22.6 Å². The van der Waals surface area contributed by atoms with Crippen LogP contribution in [0.15, 0.2) is 45.5 Å². The van der Waals surface area contributed by atoms with E-state index in [9.17, 15) is 14.4 Å². The molecule has 0 fully saturated rings. The molecule has 132 valence electrons. The number of allylic oxidation sites excluding steroid dienone is 2. The zero-order valence-corrected chi connectivity index (χ0v) is 15.5. The highest BCUT2D eigenvalue weighted by Crippen LogP contribution is 2.41. The minimum atomic E-state index is -0.767. The monoisotopic (exact) mass is 408 g/mol. The summed E-state index contributed by atoms with van der Waals surface area (Å²) >= 11 is 3.13. The molecule has 0 amide bonds. The Morgan fingerprint density at radius 1 is 1.48 bits per heavy atom. The molecule has 7 heteroatoms. The van der Waals surface area contributed by atoms with Crippen LogP contribution in [-0.2, 0) is 14.3 Å². The summed E-state index contributed by atoms with van der Waals surface area (Å²) in [6.07, 6.45) is 1.18. The number of nitriles is 1. The molecule has 5 nitrogen and oxygen atoms in total. The molecule has 1 heterocycles. The number of benzene rings is 1. The Hall–Kier alpha value is -2.33. The fourth-order valence-electron chi connectivity index (χ4n) is 2.69. The van der Waals surface area contributed by atoms with Gasteiger partial charge in [-0.15, -0.1) is 0 Å². The number of carbonyl (C=O) groups excluding carboxylic acids is 1. The lowest BCUT2D eigenvalue weighted by atomic mass is 9.82. The summed E-state index contributed by atoms with van der Waals surface area (Å²) in [5.41, 5.74) is 6.78. The molecule has 0 saturated heterocycles. The van der Waals surface area contributed by atoms with Gasteiger partial charge in [-0.05, 0) is 47.0 Å². The van der Waals surface area contributed by atoms with Crippen molar-refractivity contribution in [1.82, 2.24) is 0 Å². The van der Waals surface area contributed by atoms with Gasteiger partial charge in [0.25, 0.3) is 0 Å². The minimum Gasteiger partial charge on any atom is -0.463 e. The highest BCUT2D eigenvalue weighted by molar-refractivity contribution is 9.10. The van der Waals surface area contributed by atoms with Gasteiger partial charge < -0.3 is 15.2 Å². The lowest BCUT2D eigenvalue weighted by molar-refractivity contribution is -0.139. The molecule has 2 N–H and O–H groups in total. The molecule has 1 aromatic rings. The van der Waals surface area contributed by atoms with Crippen LogP contribution in [-0.4, -0.2) is 12.6 Å². The van der Waals surface area contributed by atoms with E-state index in [1.165, 1.54) is 18.2 Å². The van der Waals surface area contributed by atoms with Gasteiger partial charge in [-0.3, -0.25) is 0 Å². The largest absolute Gasteiger partial charge is 0.463 e. The first-order valence-electron chi connectivity index (χ1n) is 7.87. The third kappa shape index (κ3) is 3.85. The van der Waals surface area contributed by atoms with Gasteiger partial charge in [-0.2, -0.15) is 5.26 Å². The van der Waals surface area contributed by atoms with Crippen LogP contribution < -0.4 is 5.73 Å². The van der Waals surface area contributed by atoms with Crippen LogP contribution in [0, 0.1) is 17.1 Å². The van der Waals surface area contributed by atoms with E-state index in [1.807, 2.05) is 13.0 Å². The van der Waals surface area contributed by atoms with Crippen molar-refractivity contribution < 1.29 is 18.7 Å². The number of esters is 1. The van der Waals surface area contributed by atoms with Crippen LogP contribution in [0.25, 0.3) is 0 Å². The molecule has 0 aromatic heterocycles. The number of rotatable bonds is 5. The predicted octanol–water partition coefficient (Wildman–Crippen LogP) is 4.01. The highest BCUT2D eigenvalue weighted by atomic mass is 79.9. The van der Waals surface area contributed by atoms with Crippen LogP contribution in [0.2, 0.25) is 0 Å². The van der Waals surface area contributed by atoms with E-state index < -0.39 is 17.7 Å². The molecule has 0 bridgehead atoms. The lowest BCUT2D eigenvalue weighted by Crippen LogP contribution is -2.26. The van der Waals surface area contributed by atoms with Crippen LogP contribution in [0.5, 0.6) is 0 Å². The predicted molar refractivity (Wildman–Crippen MR) is 93.3 cm³/mol. The average Bonchev–Trinajstić information content (AvgIpc) is 2.57. The first-order chi connectivity index (χ1) is 11.9. The van der Waals surface area contributed by atoms with Crippen molar-refractivity contribution in [2.75, 3.05) is 6.61 Å². The van der Waals surface area contributed by atoms with E-state index in [4.69, 9.17) is 15.2 Å². The standard InChI is InChI=1S/C18H18BrFN2O3/c1-3-5-14-16(18(23)24-4-2)15(11(9-21)17(22)25-14)10-6-7-13(20)12(19)8-10/h6-8,15H,3-5,22H2,1-2H3. The third-order valence-corrected chi connectivity index (χ3v) is 4.35. The van der Waals surface area contributed by atoms with Gasteiger partial charge in [0.1, 0.15) is 23.2 Å². The van der Waals surface area contributed by atoms with Crippen molar-refractivity contribution in [1.29, 1.82) is 5.26 Å². The second-order valence-electron chi connectivity index (χ2n) is 5.41. The summed E-state index contributed by atoms with van der Waals surface area (Å²) in [7, 11) is 0. The van der Waals surface area contributed by atoms with Crippen molar-refractivity contribution in [3.8, 4) is 6.07 Å². The van der Waals surface area contributed by atoms with Gasteiger partial charge in [-0.25, -0.2) is 9.18 Å². The number of hydrogen-bond acceptors (Lipinski definition) is 5. The van der Waals surface area contributed by atoms with Crippen molar-refractivity contribution in [2.24, 2.45) is 5.73 Å². The molecule has 0 spiro atoms. The maximum Gasteiger partial charge on any atom is 0.338 e. The molecule has 0 saturated carbocycles. The normalized spacial score (nSPS) is 17.2. The van der Waals surface area contributed by atoms with Crippen molar-refractivity contribution in [3.05, 3.63) is 56.8 Å². The zero-order chi connectivity index (χ0) is 18.6. The van der Waals surface area contributed by atoms with Crippen LogP contribution in [0.4, 0.5) is 4.39 Å². The van der Waals surface area contributed by atoms with Gasteiger partial charge in [0.2, 0.25) is 5.88 Å². The molecule has 1 aliphatic heterocycles. The van der Waals surface area contributed by atoms with E-state index in [-0.39, 0.29) is 28.1 Å². The van der Waals surface area contributed by atoms with E-state index in [2.05, 4.69) is 15.9 Å². The number of ether oxygens (including phenoxy) is 2. The first-order valence-corrected chi connectivity index (χ1v) is 8.66. The topological polar surface area (TPSA) is 85.3 Å². The SMILES string of the molecule is CCCC1=C(C(=O)OCC)C(c2ccc(F)c(Br)c2)C(C#N)=C(N)O1. The Balaban J connectivity index is 2.68. The zero-order valence-electron chi connectivity index (χ0n) is 13.9. The molecular formula is C18H18BrFN2O3. The van der Waals surface area contributed by atoms with Gasteiger partial charge in [-0.1, -0.05) is 13.0 Å². The van der Waals surface area contributed by atoms with Crippen LogP contribution >= 0.6 is 15.9 Å². The second-order valence-corrected chi connectivity index (χ2v) is 6.26. The number of carbonyl (C=O) groups is 1. The number of nitrogens with zero attached hydrogens (tertiary/aromatic N) is 1. The third-order valence-electron chi connectivity index (χ3n) is 3.75. The molecule has 0 radical (unpaired) electrons. The van der Waals surface area contributed by atoms with Crippen LogP contribution in [0.1, 0.15) is 38.2 Å². The van der Waals surface area contributed by atoms with Crippen molar-refractivity contribution >= 4 is 21.9 Å². The molecular weight excluding hydrogens is 391 g/mol. The molecule has 25 heavy (non-hydrogen) atoms. The first kappa shape index (κ1) is 19.0. The fraction of sp³-hybridized carbons (Fsp3) is 0.333. The molecule has 1 unspecified atom stereocenters. The lowest BCUT2D eigenvalue weighted by Gasteiger charge is -2.28. The summed E-state index contributed by atoms with van der Waals surface area (Å²) in [6, 6.07) is 6.31. The Bertz CT molecular complexity index is 796. The van der Waals surface area contributed by atoms with Crippen LogP contribution in [0.3, 0.4) is 0 Å². The number of halogens is 2. The molecule has 1 atom stereocenters. The Morgan fingerprint density at radius 2 is 2.20 bits per heavy atom. The van der Waals surface area contributed by atoms with Crippen molar-refractivity contribution in [2.45, 2.75) is 32.6 Å². The Kier molecular flexibility index (Phi) is 6.21. The average molecular weight is 409 g/mol. The molecule has 0 aliphatic carbocycles. The second kappa shape index (κ2) is 8.17. The van der Waals surface area contributed by atoms with E-state index in [0.29, 0.717) is 24.2 Å². The van der Waals surface area contributed by atoms with Gasteiger partial charge >= 0.3 is 5.97 Å². The Morgan fingerprint density at radius 3 is 2.76 bits per heavy atom. The maximum absolute atomic E-state index is 13.6. The minimum absolute atomic E-state index is 0.0514. The molecule has 1 aromatic carbocycles. The summed E-state index contributed by atoms with van der Waals surface area (Å²) in [6.45, 7) is 3.81. The van der Waals surface area contributed by atoms with Gasteiger partial charge in [0.15, 0.2) is 0 Å². The molecule has 2 rings (SSSR count). The van der Waals surface area contributed by atoms with E-state index in [0.717, 1.165) is 0 Å². The highest BCUT2D eigenvalue weighted by Gasteiger charge is 2.37. The fourth-order valence-corrected chi connectivity index (χ4v) is 3.08. The number of nitrogens with two attached hydrogens (primary N) is 1. The molecule has 1 aliphatic rings. The summed E-state index contributed by atoms with van der Waals surface area (Å²) in [4.78, 5) is 12.6. The smallest absolute Gasteiger partial charge is 0.338 e. The van der Waals surface area contributed by atoms with Gasteiger partial charge in [0, 0.05) is 6.42 Å². The summed E-state index contributed by atoms with van der Waals surface area (Å²) < 4.78 is 24.5. The quantitative estimate of drug-likeness (QED) is 0.743. The number of hydrogen-bond donors (Lipinski definition) is 1.